The number of H-pyrrole nitrogens is 1. The Kier molecular flexibility index (Phi) is 6.06. The fourth-order valence-electron chi connectivity index (χ4n) is 4.46. The summed E-state index contributed by atoms with van der Waals surface area (Å²) in [6, 6.07) is 17.1. The zero-order valence-corrected chi connectivity index (χ0v) is 19.2. The largest absolute Gasteiger partial charge is 0.462 e. The van der Waals surface area contributed by atoms with Gasteiger partial charge >= 0.3 is 12.0 Å². The van der Waals surface area contributed by atoms with Crippen LogP contribution in [0.3, 0.4) is 0 Å². The van der Waals surface area contributed by atoms with Gasteiger partial charge in [0.05, 0.1) is 24.3 Å². The van der Waals surface area contributed by atoms with Crippen molar-refractivity contribution in [2.75, 3.05) is 13.2 Å². The van der Waals surface area contributed by atoms with Crippen molar-refractivity contribution in [2.45, 2.75) is 26.3 Å². The van der Waals surface area contributed by atoms with Crippen LogP contribution in [0.5, 0.6) is 0 Å². The fraction of sp³-hybridized carbons (Fsp3) is 0.231. The molecular formula is C26H25N3O5. The molecule has 2 heterocycles. The lowest BCUT2D eigenvalue weighted by molar-refractivity contribution is -0.129. The van der Waals surface area contributed by atoms with E-state index in [-0.39, 0.29) is 17.7 Å². The van der Waals surface area contributed by atoms with E-state index in [0.717, 1.165) is 4.90 Å². The number of rotatable bonds is 7. The number of ketones is 1. The van der Waals surface area contributed by atoms with E-state index in [9.17, 15) is 19.2 Å². The van der Waals surface area contributed by atoms with Crippen molar-refractivity contribution in [3.8, 4) is 0 Å². The summed E-state index contributed by atoms with van der Waals surface area (Å²) >= 11 is 0. The van der Waals surface area contributed by atoms with Crippen molar-refractivity contribution >= 4 is 23.7 Å². The summed E-state index contributed by atoms with van der Waals surface area (Å²) < 4.78 is 5.10. The van der Waals surface area contributed by atoms with Gasteiger partial charge in [0.2, 0.25) is 0 Å². The minimum Gasteiger partial charge on any atom is -0.462 e. The molecule has 0 atom stereocenters. The Morgan fingerprint density at radius 2 is 1.41 bits per heavy atom. The van der Waals surface area contributed by atoms with Crippen molar-refractivity contribution in [3.05, 3.63) is 94.3 Å². The molecule has 8 heteroatoms. The first kappa shape index (κ1) is 23.0. The number of esters is 1. The Bertz CT molecular complexity index is 1220. The lowest BCUT2D eigenvalue weighted by Gasteiger charge is -2.28. The van der Waals surface area contributed by atoms with Gasteiger partial charge in [-0.05, 0) is 31.9 Å². The average Bonchev–Trinajstić information content (AvgIpc) is 3.28. The van der Waals surface area contributed by atoms with Crippen molar-refractivity contribution in [1.82, 2.24) is 15.2 Å². The smallest absolute Gasteiger partial charge is 0.340 e. The predicted octanol–water partition coefficient (Wildman–Crippen LogP) is 3.49. The number of benzene rings is 2. The van der Waals surface area contributed by atoms with Gasteiger partial charge in [0, 0.05) is 11.4 Å². The standard InChI is InChI=1S/C26H25N3O5/c1-4-34-23(31)22-17(3)27-16(2)21(22)20(30)15-29-24(32)26(28-25(29)33,18-11-7-5-8-12-18)19-13-9-6-10-14-19/h5-14,27H,4,15H2,1-3H3,(H,28,33). The highest BCUT2D eigenvalue weighted by Gasteiger charge is 2.54. The van der Waals surface area contributed by atoms with Crippen molar-refractivity contribution in [1.29, 1.82) is 0 Å². The molecule has 0 spiro atoms. The van der Waals surface area contributed by atoms with Crippen LogP contribution in [-0.4, -0.2) is 46.7 Å². The van der Waals surface area contributed by atoms with Crippen LogP contribution in [0.25, 0.3) is 0 Å². The highest BCUT2D eigenvalue weighted by atomic mass is 16.5. The molecule has 1 fully saturated rings. The first-order valence-electron chi connectivity index (χ1n) is 11.0. The summed E-state index contributed by atoms with van der Waals surface area (Å²) in [5.74, 6) is -1.73. The lowest BCUT2D eigenvalue weighted by atomic mass is 9.82. The van der Waals surface area contributed by atoms with E-state index in [4.69, 9.17) is 4.74 Å². The second-order valence-corrected chi connectivity index (χ2v) is 8.07. The number of hydrogen-bond acceptors (Lipinski definition) is 5. The fourth-order valence-corrected chi connectivity index (χ4v) is 4.46. The van der Waals surface area contributed by atoms with Gasteiger partial charge in [-0.15, -0.1) is 0 Å². The third kappa shape index (κ3) is 3.67. The van der Waals surface area contributed by atoms with Crippen molar-refractivity contribution in [3.63, 3.8) is 0 Å². The molecule has 3 amide bonds. The molecule has 2 aromatic carbocycles. The third-order valence-corrected chi connectivity index (χ3v) is 5.95. The molecule has 0 unspecified atom stereocenters. The number of ether oxygens (including phenoxy) is 1. The molecule has 0 radical (unpaired) electrons. The van der Waals surface area contributed by atoms with Gasteiger partial charge in [-0.3, -0.25) is 14.5 Å². The number of carbonyl (C=O) groups excluding carboxylic acids is 4. The zero-order chi connectivity index (χ0) is 24.5. The first-order valence-corrected chi connectivity index (χ1v) is 11.0. The summed E-state index contributed by atoms with van der Waals surface area (Å²) in [5.41, 5.74) is 0.884. The SMILES string of the molecule is CCOC(=O)c1c(C)[nH]c(C)c1C(=O)CN1C(=O)NC(c2ccccc2)(c2ccccc2)C1=O. The third-order valence-electron chi connectivity index (χ3n) is 5.95. The summed E-state index contributed by atoms with van der Waals surface area (Å²) in [6.45, 7) is 4.64. The van der Waals surface area contributed by atoms with Crippen LogP contribution >= 0.6 is 0 Å². The summed E-state index contributed by atoms with van der Waals surface area (Å²) in [5, 5.41) is 2.82. The summed E-state index contributed by atoms with van der Waals surface area (Å²) in [6.07, 6.45) is 0. The van der Waals surface area contributed by atoms with E-state index < -0.39 is 35.8 Å². The maximum atomic E-state index is 13.8. The van der Waals surface area contributed by atoms with E-state index in [2.05, 4.69) is 10.3 Å². The number of nitrogens with one attached hydrogen (secondary N) is 2. The topological polar surface area (TPSA) is 109 Å². The molecular weight excluding hydrogens is 434 g/mol. The first-order chi connectivity index (χ1) is 16.3. The molecule has 2 N–H and O–H groups in total. The van der Waals surface area contributed by atoms with E-state index in [1.165, 1.54) is 0 Å². The second kappa shape index (κ2) is 8.97. The molecule has 1 aliphatic rings. The number of aryl methyl sites for hydroxylation is 2. The molecule has 34 heavy (non-hydrogen) atoms. The van der Waals surface area contributed by atoms with Gasteiger partial charge in [0.25, 0.3) is 5.91 Å². The van der Waals surface area contributed by atoms with Crippen molar-refractivity contribution in [2.24, 2.45) is 0 Å². The van der Waals surface area contributed by atoms with Crippen LogP contribution in [0.15, 0.2) is 60.7 Å². The number of Topliss-reactive ketones (excluding diaryl/α,β-unsaturated/α-hetero) is 1. The second-order valence-electron chi connectivity index (χ2n) is 8.07. The highest BCUT2D eigenvalue weighted by molar-refractivity contribution is 6.15. The minimum atomic E-state index is -1.47. The molecule has 0 saturated carbocycles. The van der Waals surface area contributed by atoms with E-state index in [1.807, 2.05) is 12.1 Å². The Morgan fingerprint density at radius 1 is 0.882 bits per heavy atom. The van der Waals surface area contributed by atoms with Crippen LogP contribution in [0.1, 0.15) is 50.2 Å². The van der Waals surface area contributed by atoms with Gasteiger partial charge < -0.3 is 15.0 Å². The Morgan fingerprint density at radius 3 is 1.94 bits per heavy atom. The summed E-state index contributed by atoms with van der Waals surface area (Å²) in [7, 11) is 0. The minimum absolute atomic E-state index is 0.119. The maximum absolute atomic E-state index is 13.8. The van der Waals surface area contributed by atoms with Crippen molar-refractivity contribution < 1.29 is 23.9 Å². The molecule has 3 aromatic rings. The maximum Gasteiger partial charge on any atom is 0.340 e. The van der Waals surface area contributed by atoms with Gasteiger partial charge in [0.1, 0.15) is 0 Å². The van der Waals surface area contributed by atoms with Crippen LogP contribution in [0.4, 0.5) is 4.79 Å². The lowest BCUT2D eigenvalue weighted by Crippen LogP contribution is -2.45. The van der Waals surface area contributed by atoms with Crippen LogP contribution in [0.2, 0.25) is 0 Å². The normalized spacial score (nSPS) is 14.7. The van der Waals surface area contributed by atoms with Crippen LogP contribution < -0.4 is 5.32 Å². The Hall–Kier alpha value is -4.20. The van der Waals surface area contributed by atoms with Gasteiger partial charge in [0.15, 0.2) is 11.3 Å². The Balaban J connectivity index is 1.73. The molecule has 0 aliphatic carbocycles. The van der Waals surface area contributed by atoms with E-state index in [1.54, 1.807) is 69.3 Å². The highest BCUT2D eigenvalue weighted by Crippen LogP contribution is 2.36. The number of aromatic nitrogens is 1. The predicted molar refractivity (Wildman–Crippen MR) is 124 cm³/mol. The number of carbonyl (C=O) groups is 4. The molecule has 1 aliphatic heterocycles. The quantitative estimate of drug-likeness (QED) is 0.319. The molecule has 0 bridgehead atoms. The number of imide groups is 1. The number of aromatic amines is 1. The monoisotopic (exact) mass is 459 g/mol. The van der Waals surface area contributed by atoms with E-state index in [0.29, 0.717) is 22.5 Å². The average molecular weight is 460 g/mol. The number of nitrogens with zero attached hydrogens (tertiary/aromatic N) is 1. The molecule has 4 rings (SSSR count). The van der Waals surface area contributed by atoms with E-state index >= 15 is 0 Å². The number of hydrogen-bond donors (Lipinski definition) is 2. The molecule has 174 valence electrons. The summed E-state index contributed by atoms with van der Waals surface area (Å²) in [4.78, 5) is 56.6. The molecule has 1 aromatic heterocycles. The number of urea groups is 1. The van der Waals surface area contributed by atoms with Gasteiger partial charge in [-0.1, -0.05) is 60.7 Å². The van der Waals surface area contributed by atoms with Gasteiger partial charge in [-0.2, -0.15) is 0 Å². The molecule has 8 nitrogen and oxygen atoms in total. The zero-order valence-electron chi connectivity index (χ0n) is 19.2. The van der Waals surface area contributed by atoms with Gasteiger partial charge in [-0.25, -0.2) is 9.59 Å². The Labute approximate surface area is 196 Å². The molecule has 1 saturated heterocycles. The van der Waals surface area contributed by atoms with Crippen LogP contribution in [0, 0.1) is 13.8 Å². The number of amides is 3. The van der Waals surface area contributed by atoms with Crippen LogP contribution in [-0.2, 0) is 15.1 Å².